The Kier molecular flexibility index (Phi) is 6.53. The van der Waals surface area contributed by atoms with E-state index in [9.17, 15) is 13.6 Å². The lowest BCUT2D eigenvalue weighted by atomic mass is 9.79. The summed E-state index contributed by atoms with van der Waals surface area (Å²) in [5, 5.41) is 3.38. The van der Waals surface area contributed by atoms with Gasteiger partial charge in [-0.05, 0) is 49.3 Å². The van der Waals surface area contributed by atoms with Gasteiger partial charge < -0.3 is 16.0 Å². The number of anilines is 2. The summed E-state index contributed by atoms with van der Waals surface area (Å²) in [7, 11) is 3.88. The number of nitrogens with two attached hydrogens (primary N) is 1. The summed E-state index contributed by atoms with van der Waals surface area (Å²) >= 11 is 0. The molecule has 0 aliphatic heterocycles. The first kappa shape index (κ1) is 22.6. The highest BCUT2D eigenvalue weighted by Crippen LogP contribution is 2.37. The lowest BCUT2D eigenvalue weighted by molar-refractivity contribution is 0.0998. The van der Waals surface area contributed by atoms with Gasteiger partial charge in [-0.25, -0.2) is 13.8 Å². The maximum Gasteiger partial charge on any atom is 0.249 e. The predicted octanol–water partition coefficient (Wildman–Crippen LogP) is 4.73. The SMILES string of the molecule is CN(C)c1nc(NC2CCC(c3c(C(N)=O)ccc(F)c3F)CC2)ncc1-c1ccccc1. The largest absolute Gasteiger partial charge is 0.366 e. The lowest BCUT2D eigenvalue weighted by Crippen LogP contribution is -2.28. The van der Waals surface area contributed by atoms with Crippen LogP contribution in [0.25, 0.3) is 11.1 Å². The Morgan fingerprint density at radius 3 is 2.39 bits per heavy atom. The molecule has 0 atom stereocenters. The number of primary amides is 1. The molecule has 0 radical (unpaired) electrons. The van der Waals surface area contributed by atoms with Crippen molar-refractivity contribution < 1.29 is 13.6 Å². The van der Waals surface area contributed by atoms with E-state index in [1.165, 1.54) is 6.07 Å². The molecule has 3 aromatic rings. The summed E-state index contributed by atoms with van der Waals surface area (Å²) in [4.78, 5) is 22.9. The van der Waals surface area contributed by atoms with Crippen molar-refractivity contribution in [1.29, 1.82) is 0 Å². The molecule has 172 valence electrons. The molecule has 1 amide bonds. The van der Waals surface area contributed by atoms with E-state index in [1.54, 1.807) is 0 Å². The minimum Gasteiger partial charge on any atom is -0.366 e. The van der Waals surface area contributed by atoms with Crippen molar-refractivity contribution in [3.63, 3.8) is 0 Å². The van der Waals surface area contributed by atoms with Crippen LogP contribution in [0.3, 0.4) is 0 Å². The fraction of sp³-hybridized carbons (Fsp3) is 0.320. The van der Waals surface area contributed by atoms with Gasteiger partial charge in [-0.1, -0.05) is 30.3 Å². The highest BCUT2D eigenvalue weighted by Gasteiger charge is 2.29. The summed E-state index contributed by atoms with van der Waals surface area (Å²) in [5.41, 5.74) is 7.53. The van der Waals surface area contributed by atoms with Crippen LogP contribution in [-0.2, 0) is 0 Å². The van der Waals surface area contributed by atoms with Crippen LogP contribution in [0.1, 0.15) is 47.5 Å². The van der Waals surface area contributed by atoms with Gasteiger partial charge in [0, 0.05) is 43.0 Å². The average molecular weight is 452 g/mol. The van der Waals surface area contributed by atoms with E-state index in [0.29, 0.717) is 31.6 Å². The number of hydrogen-bond acceptors (Lipinski definition) is 5. The molecule has 1 saturated carbocycles. The molecule has 6 nitrogen and oxygen atoms in total. The van der Waals surface area contributed by atoms with Crippen LogP contribution in [0.4, 0.5) is 20.5 Å². The van der Waals surface area contributed by atoms with Crippen LogP contribution in [0.15, 0.2) is 48.7 Å². The van der Waals surface area contributed by atoms with E-state index in [1.807, 2.05) is 55.5 Å². The summed E-state index contributed by atoms with van der Waals surface area (Å²) in [5.74, 6) is -1.61. The second-order valence-corrected chi connectivity index (χ2v) is 8.57. The predicted molar refractivity (Wildman–Crippen MR) is 125 cm³/mol. The molecule has 1 heterocycles. The normalized spacial score (nSPS) is 18.1. The molecular weight excluding hydrogens is 424 g/mol. The smallest absolute Gasteiger partial charge is 0.249 e. The van der Waals surface area contributed by atoms with Crippen LogP contribution >= 0.6 is 0 Å². The van der Waals surface area contributed by atoms with Crippen molar-refractivity contribution in [3.05, 3.63) is 71.4 Å². The van der Waals surface area contributed by atoms with E-state index in [2.05, 4.69) is 10.3 Å². The minimum absolute atomic E-state index is 0.0563. The van der Waals surface area contributed by atoms with Crippen molar-refractivity contribution >= 4 is 17.7 Å². The Balaban J connectivity index is 1.49. The van der Waals surface area contributed by atoms with Crippen molar-refractivity contribution in [3.8, 4) is 11.1 Å². The quantitative estimate of drug-likeness (QED) is 0.566. The highest BCUT2D eigenvalue weighted by atomic mass is 19.2. The molecule has 1 aliphatic rings. The molecule has 4 rings (SSSR count). The molecule has 3 N–H and O–H groups in total. The fourth-order valence-electron chi connectivity index (χ4n) is 4.49. The maximum atomic E-state index is 14.5. The number of nitrogens with one attached hydrogen (secondary N) is 1. The summed E-state index contributed by atoms with van der Waals surface area (Å²) < 4.78 is 28.4. The molecule has 0 bridgehead atoms. The van der Waals surface area contributed by atoms with Gasteiger partial charge in [-0.2, -0.15) is 4.98 Å². The minimum atomic E-state index is -0.974. The number of hydrogen-bond donors (Lipinski definition) is 2. The fourth-order valence-corrected chi connectivity index (χ4v) is 4.49. The van der Waals surface area contributed by atoms with Gasteiger partial charge in [0.1, 0.15) is 5.82 Å². The Hall–Kier alpha value is -3.55. The molecule has 33 heavy (non-hydrogen) atoms. The third-order valence-electron chi connectivity index (χ3n) is 6.14. The van der Waals surface area contributed by atoms with E-state index in [4.69, 9.17) is 10.7 Å². The molecule has 1 aromatic heterocycles. The zero-order valence-corrected chi connectivity index (χ0v) is 18.7. The first-order valence-electron chi connectivity index (χ1n) is 11.0. The molecule has 2 aromatic carbocycles. The van der Waals surface area contributed by atoms with Crippen molar-refractivity contribution in [2.45, 2.75) is 37.6 Å². The number of aromatic nitrogens is 2. The van der Waals surface area contributed by atoms with Gasteiger partial charge >= 0.3 is 0 Å². The van der Waals surface area contributed by atoms with Gasteiger partial charge in [-0.15, -0.1) is 0 Å². The van der Waals surface area contributed by atoms with E-state index in [0.717, 1.165) is 23.0 Å². The van der Waals surface area contributed by atoms with Crippen LogP contribution < -0.4 is 16.0 Å². The molecule has 1 fully saturated rings. The monoisotopic (exact) mass is 451 g/mol. The van der Waals surface area contributed by atoms with E-state index >= 15 is 0 Å². The van der Waals surface area contributed by atoms with Gasteiger partial charge in [0.05, 0.1) is 0 Å². The summed E-state index contributed by atoms with van der Waals surface area (Å²) in [6.07, 6.45) is 4.43. The van der Waals surface area contributed by atoms with Gasteiger partial charge in [0.2, 0.25) is 11.9 Å². The van der Waals surface area contributed by atoms with Crippen molar-refractivity contribution in [2.75, 3.05) is 24.3 Å². The summed E-state index contributed by atoms with van der Waals surface area (Å²) in [6.45, 7) is 0. The molecular formula is C25H27F2N5O. The number of nitrogens with zero attached hydrogens (tertiary/aromatic N) is 3. The molecule has 0 unspecified atom stereocenters. The number of halogens is 2. The van der Waals surface area contributed by atoms with Gasteiger partial charge in [0.25, 0.3) is 0 Å². The van der Waals surface area contributed by atoms with E-state index < -0.39 is 17.5 Å². The zero-order chi connectivity index (χ0) is 23.5. The van der Waals surface area contributed by atoms with Gasteiger partial charge in [0.15, 0.2) is 11.6 Å². The number of benzene rings is 2. The zero-order valence-electron chi connectivity index (χ0n) is 18.7. The average Bonchev–Trinajstić information content (AvgIpc) is 2.81. The Bertz CT molecular complexity index is 1150. The molecule has 0 spiro atoms. The molecule has 8 heteroatoms. The first-order valence-corrected chi connectivity index (χ1v) is 11.0. The maximum absolute atomic E-state index is 14.5. The van der Waals surface area contributed by atoms with Crippen LogP contribution in [0.2, 0.25) is 0 Å². The third kappa shape index (κ3) is 4.79. The molecule has 0 saturated heterocycles. The Morgan fingerprint density at radius 2 is 1.76 bits per heavy atom. The van der Waals surface area contributed by atoms with Crippen LogP contribution in [0.5, 0.6) is 0 Å². The van der Waals surface area contributed by atoms with Crippen molar-refractivity contribution in [2.24, 2.45) is 5.73 Å². The number of rotatable bonds is 6. The van der Waals surface area contributed by atoms with E-state index in [-0.39, 0.29) is 23.1 Å². The third-order valence-corrected chi connectivity index (χ3v) is 6.14. The van der Waals surface area contributed by atoms with Crippen molar-refractivity contribution in [1.82, 2.24) is 9.97 Å². The van der Waals surface area contributed by atoms with Crippen LogP contribution in [-0.4, -0.2) is 36.0 Å². The molecule has 1 aliphatic carbocycles. The Labute approximate surface area is 191 Å². The standard InChI is InChI=1S/C25H27F2N5O/c1-32(2)24-19(15-6-4-3-5-7-15)14-29-25(31-24)30-17-10-8-16(9-11-17)21-18(23(28)33)12-13-20(26)22(21)27/h3-7,12-14,16-17H,8-11H2,1-2H3,(H2,28,33)(H,29,30,31). The number of carbonyl (C=O) groups excluding carboxylic acids is 1. The second-order valence-electron chi connectivity index (χ2n) is 8.57. The van der Waals surface area contributed by atoms with Gasteiger partial charge in [-0.3, -0.25) is 4.79 Å². The topological polar surface area (TPSA) is 84.1 Å². The lowest BCUT2D eigenvalue weighted by Gasteiger charge is -2.30. The second kappa shape index (κ2) is 9.52. The summed E-state index contributed by atoms with van der Waals surface area (Å²) in [6, 6.07) is 12.3. The van der Waals surface area contributed by atoms with Crippen LogP contribution in [0, 0.1) is 11.6 Å². The number of amides is 1. The number of carbonyl (C=O) groups is 1. The Morgan fingerprint density at radius 1 is 1.06 bits per heavy atom. The highest BCUT2D eigenvalue weighted by molar-refractivity contribution is 5.94. The first-order chi connectivity index (χ1) is 15.8.